The number of hydrogen-bond acceptors (Lipinski definition) is 5. The summed E-state index contributed by atoms with van der Waals surface area (Å²) in [6.45, 7) is 0.798. The van der Waals surface area contributed by atoms with Crippen LogP contribution in [0.2, 0.25) is 0 Å². The number of primary amides is 1. The first kappa shape index (κ1) is 12.6. The van der Waals surface area contributed by atoms with Gasteiger partial charge in [0.2, 0.25) is 0 Å². The molecule has 1 aromatic heterocycles. The first-order valence-electron chi connectivity index (χ1n) is 5.92. The molecule has 0 aromatic carbocycles. The summed E-state index contributed by atoms with van der Waals surface area (Å²) < 4.78 is 0. The molecule has 2 rings (SSSR count). The van der Waals surface area contributed by atoms with Gasteiger partial charge < -0.3 is 21.5 Å². The van der Waals surface area contributed by atoms with Crippen LogP contribution in [0.3, 0.4) is 0 Å². The van der Waals surface area contributed by atoms with Crippen LogP contribution in [0.25, 0.3) is 0 Å². The lowest BCUT2D eigenvalue weighted by atomic mass is 9.82. The fourth-order valence-corrected chi connectivity index (χ4v) is 2.21. The fraction of sp³-hybridized carbons (Fsp3) is 0.500. The minimum absolute atomic E-state index is 0.163. The van der Waals surface area contributed by atoms with Crippen molar-refractivity contribution in [1.29, 1.82) is 0 Å². The van der Waals surface area contributed by atoms with Gasteiger partial charge in [-0.15, -0.1) is 0 Å². The zero-order valence-electron chi connectivity index (χ0n) is 10.3. The van der Waals surface area contributed by atoms with Crippen LogP contribution >= 0.6 is 0 Å². The quantitative estimate of drug-likeness (QED) is 0.696. The molecule has 1 heterocycles. The zero-order chi connectivity index (χ0) is 13.3. The summed E-state index contributed by atoms with van der Waals surface area (Å²) in [5.41, 5.74) is 11.5. The van der Waals surface area contributed by atoms with Gasteiger partial charge >= 0.3 is 0 Å². The standard InChI is InChI=1S/C12H18N4O2/c1-16(6-7-2-8(17)3-7)11-4-9(12(14)18)10(13)5-15-11/h4-5,7-8,17H,2-3,6,13H2,1H3,(H2,14,18). The molecule has 0 spiro atoms. The van der Waals surface area contributed by atoms with Crippen LogP contribution in [0.15, 0.2) is 12.3 Å². The summed E-state index contributed by atoms with van der Waals surface area (Å²) in [4.78, 5) is 17.3. The number of nitrogen functional groups attached to an aromatic ring is 1. The van der Waals surface area contributed by atoms with Gasteiger partial charge in [-0.1, -0.05) is 0 Å². The van der Waals surface area contributed by atoms with Crippen LogP contribution in [0.5, 0.6) is 0 Å². The van der Waals surface area contributed by atoms with Crippen molar-refractivity contribution < 1.29 is 9.90 Å². The van der Waals surface area contributed by atoms with E-state index in [-0.39, 0.29) is 6.10 Å². The van der Waals surface area contributed by atoms with Crippen molar-refractivity contribution in [2.24, 2.45) is 11.7 Å². The van der Waals surface area contributed by atoms with E-state index in [1.54, 1.807) is 6.07 Å². The number of nitrogens with two attached hydrogens (primary N) is 2. The van der Waals surface area contributed by atoms with Crippen molar-refractivity contribution in [3.63, 3.8) is 0 Å². The minimum atomic E-state index is -0.552. The van der Waals surface area contributed by atoms with Crippen molar-refractivity contribution >= 4 is 17.4 Å². The number of hydrogen-bond donors (Lipinski definition) is 3. The summed E-state index contributed by atoms with van der Waals surface area (Å²) >= 11 is 0. The summed E-state index contributed by atoms with van der Waals surface area (Å²) in [6, 6.07) is 1.60. The van der Waals surface area contributed by atoms with Crippen LogP contribution in [0.4, 0.5) is 11.5 Å². The largest absolute Gasteiger partial charge is 0.397 e. The highest BCUT2D eigenvalue weighted by Crippen LogP contribution is 2.29. The van der Waals surface area contributed by atoms with E-state index in [0.717, 1.165) is 19.4 Å². The second-order valence-electron chi connectivity index (χ2n) is 4.87. The molecule has 1 saturated carbocycles. The monoisotopic (exact) mass is 250 g/mol. The third kappa shape index (κ3) is 2.53. The Kier molecular flexibility index (Phi) is 3.38. The van der Waals surface area contributed by atoms with Crippen LogP contribution < -0.4 is 16.4 Å². The lowest BCUT2D eigenvalue weighted by Gasteiger charge is -2.34. The molecule has 98 valence electrons. The molecule has 0 bridgehead atoms. The highest BCUT2D eigenvalue weighted by atomic mass is 16.3. The van der Waals surface area contributed by atoms with E-state index >= 15 is 0 Å². The zero-order valence-corrected chi connectivity index (χ0v) is 10.3. The lowest BCUT2D eigenvalue weighted by molar-refractivity contribution is 0.0464. The molecule has 0 unspecified atom stereocenters. The van der Waals surface area contributed by atoms with Crippen LogP contribution in [0.1, 0.15) is 23.2 Å². The molecule has 18 heavy (non-hydrogen) atoms. The van der Waals surface area contributed by atoms with Gasteiger partial charge in [0.1, 0.15) is 5.82 Å². The van der Waals surface area contributed by atoms with Gasteiger partial charge in [0.15, 0.2) is 0 Å². The Labute approximate surface area is 106 Å². The number of aromatic nitrogens is 1. The predicted molar refractivity (Wildman–Crippen MR) is 69.2 cm³/mol. The molecule has 0 atom stereocenters. The molecule has 6 nitrogen and oxygen atoms in total. The Morgan fingerprint density at radius 1 is 1.61 bits per heavy atom. The number of pyridine rings is 1. The number of aliphatic hydroxyl groups is 1. The first-order valence-corrected chi connectivity index (χ1v) is 5.92. The molecule has 6 heteroatoms. The number of carbonyl (C=O) groups is 1. The van der Waals surface area contributed by atoms with Crippen LogP contribution in [0, 0.1) is 5.92 Å². The molecule has 0 aliphatic heterocycles. The van der Waals surface area contributed by atoms with E-state index in [1.807, 2.05) is 11.9 Å². The fourth-order valence-electron chi connectivity index (χ4n) is 2.21. The van der Waals surface area contributed by atoms with Crippen molar-refractivity contribution in [2.45, 2.75) is 18.9 Å². The Hall–Kier alpha value is -1.82. The van der Waals surface area contributed by atoms with E-state index in [9.17, 15) is 9.90 Å². The molecule has 1 aliphatic carbocycles. The number of amides is 1. The minimum Gasteiger partial charge on any atom is -0.397 e. The SMILES string of the molecule is CN(CC1CC(O)C1)c1cc(C(N)=O)c(N)cn1. The van der Waals surface area contributed by atoms with E-state index in [2.05, 4.69) is 4.98 Å². The Morgan fingerprint density at radius 2 is 2.28 bits per heavy atom. The number of rotatable bonds is 4. The average Bonchev–Trinajstić information content (AvgIpc) is 2.27. The molecule has 1 fully saturated rings. The van der Waals surface area contributed by atoms with E-state index in [4.69, 9.17) is 11.5 Å². The molecular weight excluding hydrogens is 232 g/mol. The topological polar surface area (TPSA) is 105 Å². The van der Waals surface area contributed by atoms with Gasteiger partial charge in [-0.25, -0.2) is 4.98 Å². The summed E-state index contributed by atoms with van der Waals surface area (Å²) in [7, 11) is 1.90. The van der Waals surface area contributed by atoms with Gasteiger partial charge in [0.25, 0.3) is 5.91 Å². The van der Waals surface area contributed by atoms with Crippen molar-refractivity contribution in [1.82, 2.24) is 4.98 Å². The molecular formula is C12H18N4O2. The molecule has 5 N–H and O–H groups in total. The normalized spacial score (nSPS) is 22.3. The first-order chi connectivity index (χ1) is 8.47. The maximum absolute atomic E-state index is 11.2. The Morgan fingerprint density at radius 3 is 2.83 bits per heavy atom. The third-order valence-corrected chi connectivity index (χ3v) is 3.32. The molecule has 1 aliphatic rings. The molecule has 0 saturated heterocycles. The van der Waals surface area contributed by atoms with Crippen molar-refractivity contribution in [3.8, 4) is 0 Å². The predicted octanol–water partition coefficient (Wildman–Crippen LogP) is -0.0302. The maximum atomic E-state index is 11.2. The average molecular weight is 250 g/mol. The summed E-state index contributed by atoms with van der Waals surface area (Å²) in [5, 5.41) is 9.24. The molecule has 0 radical (unpaired) electrons. The Balaban J connectivity index is 2.08. The second kappa shape index (κ2) is 4.81. The lowest BCUT2D eigenvalue weighted by Crippen LogP contribution is -2.37. The van der Waals surface area contributed by atoms with Gasteiger partial charge in [-0.05, 0) is 24.8 Å². The molecule has 1 amide bonds. The second-order valence-corrected chi connectivity index (χ2v) is 4.87. The van der Waals surface area contributed by atoms with Crippen molar-refractivity contribution in [2.75, 3.05) is 24.2 Å². The van der Waals surface area contributed by atoms with Gasteiger partial charge in [0, 0.05) is 13.6 Å². The number of nitrogens with zero attached hydrogens (tertiary/aromatic N) is 2. The summed E-state index contributed by atoms with van der Waals surface area (Å²) in [5.74, 6) is 0.587. The van der Waals surface area contributed by atoms with Gasteiger partial charge in [-0.3, -0.25) is 4.79 Å². The summed E-state index contributed by atoms with van der Waals surface area (Å²) in [6.07, 6.45) is 2.93. The Bertz CT molecular complexity index is 457. The van der Waals surface area contributed by atoms with Crippen molar-refractivity contribution in [3.05, 3.63) is 17.8 Å². The van der Waals surface area contributed by atoms with Crippen LogP contribution in [-0.4, -0.2) is 35.7 Å². The van der Waals surface area contributed by atoms with E-state index < -0.39 is 5.91 Å². The smallest absolute Gasteiger partial charge is 0.250 e. The number of aliphatic hydroxyl groups excluding tert-OH is 1. The third-order valence-electron chi connectivity index (χ3n) is 3.32. The highest BCUT2D eigenvalue weighted by Gasteiger charge is 2.28. The molecule has 1 aromatic rings. The maximum Gasteiger partial charge on any atom is 0.250 e. The number of anilines is 2. The van der Waals surface area contributed by atoms with E-state index in [1.165, 1.54) is 6.20 Å². The number of carbonyl (C=O) groups excluding carboxylic acids is 1. The van der Waals surface area contributed by atoms with Crippen LogP contribution in [-0.2, 0) is 0 Å². The highest BCUT2D eigenvalue weighted by molar-refractivity contribution is 5.98. The van der Waals surface area contributed by atoms with Gasteiger partial charge in [-0.2, -0.15) is 0 Å². The van der Waals surface area contributed by atoms with Gasteiger partial charge in [0.05, 0.1) is 23.6 Å². The van der Waals surface area contributed by atoms with E-state index in [0.29, 0.717) is 23.0 Å².